The van der Waals surface area contributed by atoms with Gasteiger partial charge in [-0.1, -0.05) is 42.5 Å². The van der Waals surface area contributed by atoms with E-state index in [0.29, 0.717) is 17.9 Å². The standard InChI is InChI=1S/C19H21NO3S/c21-19(20-11-10-15-5-2-1-3-6-15)14-16-8-9-18-17(13-16)7-4-12-24(18,22)23/h1-3,5-6,8-9,13H,4,7,10-12,14H2,(H,20,21). The summed E-state index contributed by atoms with van der Waals surface area (Å²) in [6, 6.07) is 15.3. The molecule has 126 valence electrons. The molecule has 24 heavy (non-hydrogen) atoms. The molecule has 0 fully saturated rings. The van der Waals surface area contributed by atoms with Crippen molar-refractivity contribution in [1.29, 1.82) is 0 Å². The monoisotopic (exact) mass is 343 g/mol. The Morgan fingerprint density at radius 2 is 1.83 bits per heavy atom. The van der Waals surface area contributed by atoms with Gasteiger partial charge in [0.05, 0.1) is 17.1 Å². The van der Waals surface area contributed by atoms with Gasteiger partial charge in [0.15, 0.2) is 9.84 Å². The Labute approximate surface area is 142 Å². The van der Waals surface area contributed by atoms with Gasteiger partial charge in [0.1, 0.15) is 0 Å². The van der Waals surface area contributed by atoms with E-state index in [1.807, 2.05) is 36.4 Å². The number of hydrogen-bond donors (Lipinski definition) is 1. The third kappa shape index (κ3) is 4.03. The van der Waals surface area contributed by atoms with E-state index in [4.69, 9.17) is 0 Å². The molecule has 1 N–H and O–H groups in total. The normalized spacial score (nSPS) is 15.5. The number of aryl methyl sites for hydroxylation is 1. The van der Waals surface area contributed by atoms with E-state index in [2.05, 4.69) is 5.32 Å². The zero-order valence-corrected chi connectivity index (χ0v) is 14.3. The van der Waals surface area contributed by atoms with Crippen LogP contribution < -0.4 is 5.32 Å². The number of rotatable bonds is 5. The number of hydrogen-bond acceptors (Lipinski definition) is 3. The van der Waals surface area contributed by atoms with Gasteiger partial charge in [-0.3, -0.25) is 4.79 Å². The second-order valence-electron chi connectivity index (χ2n) is 6.13. The summed E-state index contributed by atoms with van der Waals surface area (Å²) in [6.07, 6.45) is 2.50. The first kappa shape index (κ1) is 16.7. The lowest BCUT2D eigenvalue weighted by Gasteiger charge is -2.17. The van der Waals surface area contributed by atoms with E-state index in [-0.39, 0.29) is 18.1 Å². The smallest absolute Gasteiger partial charge is 0.224 e. The largest absolute Gasteiger partial charge is 0.355 e. The molecule has 0 atom stereocenters. The van der Waals surface area contributed by atoms with Crippen molar-refractivity contribution >= 4 is 15.7 Å². The predicted octanol–water partition coefficient (Wildman–Crippen LogP) is 2.31. The van der Waals surface area contributed by atoms with E-state index in [1.54, 1.807) is 12.1 Å². The molecule has 1 heterocycles. The molecule has 0 saturated carbocycles. The molecule has 2 aromatic carbocycles. The maximum absolute atomic E-state index is 12.1. The van der Waals surface area contributed by atoms with Crippen LogP contribution in [-0.2, 0) is 33.9 Å². The quantitative estimate of drug-likeness (QED) is 0.906. The van der Waals surface area contributed by atoms with Crippen molar-refractivity contribution in [2.75, 3.05) is 12.3 Å². The Morgan fingerprint density at radius 1 is 1.04 bits per heavy atom. The summed E-state index contributed by atoms with van der Waals surface area (Å²) in [6.45, 7) is 0.599. The molecule has 0 spiro atoms. The fraction of sp³-hybridized carbons (Fsp3) is 0.316. The lowest BCUT2D eigenvalue weighted by Crippen LogP contribution is -2.27. The molecule has 0 radical (unpaired) electrons. The van der Waals surface area contributed by atoms with Crippen LogP contribution in [0.5, 0.6) is 0 Å². The van der Waals surface area contributed by atoms with Gasteiger partial charge in [-0.25, -0.2) is 8.42 Å². The highest BCUT2D eigenvalue weighted by Crippen LogP contribution is 2.25. The van der Waals surface area contributed by atoms with E-state index < -0.39 is 9.84 Å². The Hall–Kier alpha value is -2.14. The average Bonchev–Trinajstić information content (AvgIpc) is 2.55. The van der Waals surface area contributed by atoms with Crippen LogP contribution in [0.2, 0.25) is 0 Å². The van der Waals surface area contributed by atoms with Gasteiger partial charge in [-0.05, 0) is 42.0 Å². The highest BCUT2D eigenvalue weighted by atomic mass is 32.2. The summed E-state index contributed by atoms with van der Waals surface area (Å²) in [5.41, 5.74) is 2.90. The van der Waals surface area contributed by atoms with Gasteiger partial charge >= 0.3 is 0 Å². The molecule has 0 aromatic heterocycles. The summed E-state index contributed by atoms with van der Waals surface area (Å²) in [5.74, 6) is 0.184. The summed E-state index contributed by atoms with van der Waals surface area (Å²) >= 11 is 0. The average molecular weight is 343 g/mol. The summed E-state index contributed by atoms with van der Waals surface area (Å²) in [7, 11) is -3.13. The van der Waals surface area contributed by atoms with E-state index in [0.717, 1.165) is 24.0 Å². The summed E-state index contributed by atoms with van der Waals surface area (Å²) in [4.78, 5) is 12.5. The lowest BCUT2D eigenvalue weighted by molar-refractivity contribution is -0.120. The van der Waals surface area contributed by atoms with Crippen molar-refractivity contribution in [3.8, 4) is 0 Å². The fourth-order valence-electron chi connectivity index (χ4n) is 3.04. The topological polar surface area (TPSA) is 63.2 Å². The second-order valence-corrected chi connectivity index (χ2v) is 8.20. The van der Waals surface area contributed by atoms with Crippen LogP contribution >= 0.6 is 0 Å². The molecule has 5 heteroatoms. The molecule has 1 aliphatic heterocycles. The van der Waals surface area contributed by atoms with Gasteiger partial charge in [-0.15, -0.1) is 0 Å². The highest BCUT2D eigenvalue weighted by Gasteiger charge is 2.23. The third-order valence-corrected chi connectivity index (χ3v) is 6.16. The zero-order valence-electron chi connectivity index (χ0n) is 13.5. The van der Waals surface area contributed by atoms with Gasteiger partial charge in [0.2, 0.25) is 5.91 Å². The van der Waals surface area contributed by atoms with Crippen LogP contribution in [-0.4, -0.2) is 26.6 Å². The van der Waals surface area contributed by atoms with Crippen LogP contribution in [0.25, 0.3) is 0 Å². The molecule has 2 aromatic rings. The summed E-state index contributed by atoms with van der Waals surface area (Å²) < 4.78 is 24.0. The number of nitrogens with one attached hydrogen (secondary N) is 1. The molecule has 1 amide bonds. The first-order valence-electron chi connectivity index (χ1n) is 8.20. The number of sulfone groups is 1. The molecular formula is C19H21NO3S. The van der Waals surface area contributed by atoms with Crippen molar-refractivity contribution in [1.82, 2.24) is 5.32 Å². The fourth-order valence-corrected chi connectivity index (χ4v) is 4.62. The van der Waals surface area contributed by atoms with Crippen LogP contribution in [0.15, 0.2) is 53.4 Å². The van der Waals surface area contributed by atoms with Gasteiger partial charge in [-0.2, -0.15) is 0 Å². The second kappa shape index (κ2) is 7.18. The summed E-state index contributed by atoms with van der Waals surface area (Å²) in [5, 5.41) is 2.92. The van der Waals surface area contributed by atoms with Crippen LogP contribution in [0, 0.1) is 0 Å². The number of fused-ring (bicyclic) bond motifs is 1. The molecule has 3 rings (SSSR count). The molecule has 0 unspecified atom stereocenters. The van der Waals surface area contributed by atoms with Crippen LogP contribution in [0.1, 0.15) is 23.1 Å². The SMILES string of the molecule is O=C(Cc1ccc2c(c1)CCCS2(=O)=O)NCCc1ccccc1. The Kier molecular flexibility index (Phi) is 5.00. The van der Waals surface area contributed by atoms with Crippen molar-refractivity contribution in [3.05, 3.63) is 65.2 Å². The molecule has 1 aliphatic rings. The number of carbonyl (C=O) groups is 1. The van der Waals surface area contributed by atoms with E-state index in [9.17, 15) is 13.2 Å². The highest BCUT2D eigenvalue weighted by molar-refractivity contribution is 7.91. The third-order valence-electron chi connectivity index (χ3n) is 4.26. The maximum Gasteiger partial charge on any atom is 0.224 e. The van der Waals surface area contributed by atoms with Crippen molar-refractivity contribution in [3.63, 3.8) is 0 Å². The molecule has 0 aliphatic carbocycles. The Bertz CT molecular complexity index is 829. The minimum absolute atomic E-state index is 0.0375. The van der Waals surface area contributed by atoms with Crippen molar-refractivity contribution in [2.24, 2.45) is 0 Å². The van der Waals surface area contributed by atoms with E-state index >= 15 is 0 Å². The van der Waals surface area contributed by atoms with Gasteiger partial charge in [0, 0.05) is 6.54 Å². The number of amides is 1. The Morgan fingerprint density at radius 3 is 2.62 bits per heavy atom. The van der Waals surface area contributed by atoms with Gasteiger partial charge < -0.3 is 5.32 Å². The molecule has 4 nitrogen and oxygen atoms in total. The first-order chi connectivity index (χ1) is 11.5. The minimum atomic E-state index is -3.13. The van der Waals surface area contributed by atoms with Crippen molar-refractivity contribution in [2.45, 2.75) is 30.6 Å². The number of benzene rings is 2. The lowest BCUT2D eigenvalue weighted by atomic mass is 10.0. The van der Waals surface area contributed by atoms with E-state index in [1.165, 1.54) is 5.56 Å². The number of carbonyl (C=O) groups excluding carboxylic acids is 1. The predicted molar refractivity (Wildman–Crippen MR) is 93.7 cm³/mol. The Balaban J connectivity index is 1.57. The zero-order chi connectivity index (χ0) is 17.0. The minimum Gasteiger partial charge on any atom is -0.355 e. The molecule has 0 bridgehead atoms. The molecule has 0 saturated heterocycles. The maximum atomic E-state index is 12.1. The van der Waals surface area contributed by atoms with Crippen LogP contribution in [0.3, 0.4) is 0 Å². The molecular weight excluding hydrogens is 322 g/mol. The van der Waals surface area contributed by atoms with Gasteiger partial charge in [0.25, 0.3) is 0 Å². The van der Waals surface area contributed by atoms with Crippen LogP contribution in [0.4, 0.5) is 0 Å². The van der Waals surface area contributed by atoms with Crippen molar-refractivity contribution < 1.29 is 13.2 Å². The first-order valence-corrected chi connectivity index (χ1v) is 9.85.